The number of nitrogens with zero attached hydrogens (tertiary/aromatic N) is 1. The van der Waals surface area contributed by atoms with E-state index in [2.05, 4.69) is 37.9 Å². The largest absolute Gasteiger partial charge is 0.313 e. The second kappa shape index (κ2) is 6.58. The Morgan fingerprint density at radius 2 is 2.00 bits per heavy atom. The molecule has 0 heterocycles. The van der Waals surface area contributed by atoms with Crippen LogP contribution in [0.5, 0.6) is 0 Å². The van der Waals surface area contributed by atoms with E-state index < -0.39 is 0 Å². The predicted molar refractivity (Wildman–Crippen MR) is 83.5 cm³/mol. The van der Waals surface area contributed by atoms with Crippen molar-refractivity contribution in [3.63, 3.8) is 0 Å². The van der Waals surface area contributed by atoms with Gasteiger partial charge in [-0.2, -0.15) is 0 Å². The van der Waals surface area contributed by atoms with E-state index in [1.165, 1.54) is 58.2 Å². The third-order valence-corrected chi connectivity index (χ3v) is 5.20. The molecule has 0 bridgehead atoms. The van der Waals surface area contributed by atoms with Crippen LogP contribution in [0.2, 0.25) is 0 Å². The van der Waals surface area contributed by atoms with E-state index in [0.29, 0.717) is 11.5 Å². The van der Waals surface area contributed by atoms with Gasteiger partial charge in [0, 0.05) is 25.2 Å². The summed E-state index contributed by atoms with van der Waals surface area (Å²) < 4.78 is 0. The average Bonchev–Trinajstić information content (AvgIpc) is 3.17. The quantitative estimate of drug-likeness (QED) is 0.756. The van der Waals surface area contributed by atoms with Crippen LogP contribution in [0.25, 0.3) is 0 Å². The highest BCUT2D eigenvalue weighted by Crippen LogP contribution is 2.40. The summed E-state index contributed by atoms with van der Waals surface area (Å²) in [4.78, 5) is 2.67. The molecule has 0 spiro atoms. The Balaban J connectivity index is 1.98. The summed E-state index contributed by atoms with van der Waals surface area (Å²) in [5, 5.41) is 3.83. The molecular weight excluding hydrogens is 232 g/mol. The van der Waals surface area contributed by atoms with Gasteiger partial charge in [0.05, 0.1) is 0 Å². The van der Waals surface area contributed by atoms with E-state index in [0.717, 1.165) is 12.0 Å². The third-order valence-electron chi connectivity index (χ3n) is 5.20. The second-order valence-electron chi connectivity index (χ2n) is 7.51. The van der Waals surface area contributed by atoms with E-state index in [-0.39, 0.29) is 0 Å². The van der Waals surface area contributed by atoms with Gasteiger partial charge in [-0.25, -0.2) is 0 Å². The lowest BCUT2D eigenvalue weighted by Gasteiger charge is -2.44. The molecule has 19 heavy (non-hydrogen) atoms. The van der Waals surface area contributed by atoms with Gasteiger partial charge in [0.2, 0.25) is 0 Å². The van der Waals surface area contributed by atoms with Gasteiger partial charge in [-0.15, -0.1) is 0 Å². The highest BCUT2D eigenvalue weighted by atomic mass is 15.2. The first-order valence-electron chi connectivity index (χ1n) is 8.52. The maximum Gasteiger partial charge on any atom is 0.00684 e. The molecule has 2 nitrogen and oxygen atoms in total. The van der Waals surface area contributed by atoms with Crippen LogP contribution in [0, 0.1) is 11.3 Å². The van der Waals surface area contributed by atoms with Crippen LogP contribution in [0.3, 0.4) is 0 Å². The van der Waals surface area contributed by atoms with Crippen LogP contribution >= 0.6 is 0 Å². The maximum absolute atomic E-state index is 3.83. The Labute approximate surface area is 120 Å². The van der Waals surface area contributed by atoms with Crippen molar-refractivity contribution in [2.75, 3.05) is 19.6 Å². The van der Waals surface area contributed by atoms with E-state index in [9.17, 15) is 0 Å². The lowest BCUT2D eigenvalue weighted by Crippen LogP contribution is -2.48. The summed E-state index contributed by atoms with van der Waals surface area (Å²) in [5.41, 5.74) is 0.542. The second-order valence-corrected chi connectivity index (χ2v) is 7.51. The molecule has 2 atom stereocenters. The van der Waals surface area contributed by atoms with Crippen molar-refractivity contribution >= 4 is 0 Å². The molecule has 2 aliphatic carbocycles. The SMILES string of the molecule is CCN(CC1(CNC2CC2)CCCC(C)C1)C(C)C. The standard InChI is InChI=1S/C17H34N2/c1-5-19(14(2)3)13-17(12-18-16-8-9-16)10-6-7-15(4)11-17/h14-16,18H,5-13H2,1-4H3. The van der Waals surface area contributed by atoms with Crippen LogP contribution < -0.4 is 5.32 Å². The van der Waals surface area contributed by atoms with Gasteiger partial charge in [0.25, 0.3) is 0 Å². The molecular formula is C17H34N2. The molecule has 112 valence electrons. The maximum atomic E-state index is 3.83. The van der Waals surface area contributed by atoms with E-state index in [1.54, 1.807) is 0 Å². The monoisotopic (exact) mass is 266 g/mol. The van der Waals surface area contributed by atoms with Gasteiger partial charge in [-0.1, -0.05) is 26.7 Å². The van der Waals surface area contributed by atoms with Gasteiger partial charge in [0.1, 0.15) is 0 Å². The fraction of sp³-hybridized carbons (Fsp3) is 1.00. The van der Waals surface area contributed by atoms with Crippen LogP contribution in [0.1, 0.15) is 66.2 Å². The van der Waals surface area contributed by atoms with Crippen molar-refractivity contribution in [1.82, 2.24) is 10.2 Å². The van der Waals surface area contributed by atoms with Crippen molar-refractivity contribution in [2.24, 2.45) is 11.3 Å². The Morgan fingerprint density at radius 3 is 2.53 bits per heavy atom. The Kier molecular flexibility index (Phi) is 5.30. The summed E-state index contributed by atoms with van der Waals surface area (Å²) in [7, 11) is 0. The molecule has 2 unspecified atom stereocenters. The van der Waals surface area contributed by atoms with Crippen LogP contribution in [-0.2, 0) is 0 Å². The fourth-order valence-electron chi connectivity index (χ4n) is 3.87. The molecule has 0 aromatic heterocycles. The highest BCUT2D eigenvalue weighted by Gasteiger charge is 2.37. The molecule has 2 fully saturated rings. The Bertz CT molecular complexity index is 272. The third kappa shape index (κ3) is 4.46. The smallest absolute Gasteiger partial charge is 0.00684 e. The molecule has 2 rings (SSSR count). The van der Waals surface area contributed by atoms with Crippen molar-refractivity contribution < 1.29 is 0 Å². The predicted octanol–water partition coefficient (Wildman–Crippen LogP) is 3.67. The molecule has 0 amide bonds. The van der Waals surface area contributed by atoms with Gasteiger partial charge >= 0.3 is 0 Å². The molecule has 0 radical (unpaired) electrons. The van der Waals surface area contributed by atoms with Crippen molar-refractivity contribution in [3.8, 4) is 0 Å². The number of hydrogen-bond acceptors (Lipinski definition) is 2. The normalized spacial score (nSPS) is 32.2. The first kappa shape index (κ1) is 15.3. The summed E-state index contributed by atoms with van der Waals surface area (Å²) in [6.45, 7) is 13.2. The summed E-state index contributed by atoms with van der Waals surface area (Å²) in [6, 6.07) is 1.53. The minimum Gasteiger partial charge on any atom is -0.313 e. The van der Waals surface area contributed by atoms with E-state index in [4.69, 9.17) is 0 Å². The molecule has 2 aliphatic rings. The minimum absolute atomic E-state index is 0.542. The lowest BCUT2D eigenvalue weighted by molar-refractivity contribution is 0.0675. The van der Waals surface area contributed by atoms with Gasteiger partial charge in [-0.05, 0) is 57.4 Å². The van der Waals surface area contributed by atoms with E-state index >= 15 is 0 Å². The molecule has 2 heteroatoms. The van der Waals surface area contributed by atoms with Crippen LogP contribution in [0.4, 0.5) is 0 Å². The first-order chi connectivity index (χ1) is 9.04. The Morgan fingerprint density at radius 1 is 1.26 bits per heavy atom. The van der Waals surface area contributed by atoms with Gasteiger partial charge in [0.15, 0.2) is 0 Å². The number of hydrogen-bond donors (Lipinski definition) is 1. The molecule has 0 saturated heterocycles. The van der Waals surface area contributed by atoms with Gasteiger partial charge in [-0.3, -0.25) is 0 Å². The number of nitrogens with one attached hydrogen (secondary N) is 1. The summed E-state index contributed by atoms with van der Waals surface area (Å²) in [5.74, 6) is 0.917. The molecule has 0 aliphatic heterocycles. The topological polar surface area (TPSA) is 15.3 Å². The zero-order chi connectivity index (χ0) is 13.9. The lowest BCUT2D eigenvalue weighted by atomic mass is 9.69. The average molecular weight is 266 g/mol. The fourth-order valence-corrected chi connectivity index (χ4v) is 3.87. The molecule has 1 N–H and O–H groups in total. The summed E-state index contributed by atoms with van der Waals surface area (Å²) in [6.07, 6.45) is 8.55. The van der Waals surface area contributed by atoms with Gasteiger partial charge < -0.3 is 10.2 Å². The van der Waals surface area contributed by atoms with Crippen molar-refractivity contribution in [1.29, 1.82) is 0 Å². The van der Waals surface area contributed by atoms with Crippen molar-refractivity contribution in [3.05, 3.63) is 0 Å². The van der Waals surface area contributed by atoms with Crippen LogP contribution in [-0.4, -0.2) is 36.6 Å². The first-order valence-corrected chi connectivity index (χ1v) is 8.52. The number of rotatable bonds is 7. The molecule has 0 aromatic carbocycles. The zero-order valence-corrected chi connectivity index (χ0v) is 13.5. The summed E-state index contributed by atoms with van der Waals surface area (Å²) >= 11 is 0. The molecule has 2 saturated carbocycles. The highest BCUT2D eigenvalue weighted by molar-refractivity contribution is 4.93. The van der Waals surface area contributed by atoms with Crippen molar-refractivity contribution in [2.45, 2.75) is 78.3 Å². The van der Waals surface area contributed by atoms with Crippen LogP contribution in [0.15, 0.2) is 0 Å². The zero-order valence-electron chi connectivity index (χ0n) is 13.5. The Hall–Kier alpha value is -0.0800. The minimum atomic E-state index is 0.542. The molecule has 0 aromatic rings. The van der Waals surface area contributed by atoms with E-state index in [1.807, 2.05) is 0 Å².